The van der Waals surface area contributed by atoms with Gasteiger partial charge in [-0.2, -0.15) is 5.10 Å². The van der Waals surface area contributed by atoms with Gasteiger partial charge in [-0.15, -0.1) is 0 Å². The van der Waals surface area contributed by atoms with Crippen LogP contribution in [0.3, 0.4) is 0 Å². The molecule has 0 fully saturated rings. The van der Waals surface area contributed by atoms with Gasteiger partial charge in [0.15, 0.2) is 5.82 Å². The second kappa shape index (κ2) is 5.37. The third-order valence-corrected chi connectivity index (χ3v) is 3.50. The SMILES string of the molecule is Cc1nn(-c2cc(CNC(C)(C)C)ccn2)c(C)c1C. The van der Waals surface area contributed by atoms with Crippen molar-refractivity contribution in [3.8, 4) is 5.82 Å². The molecule has 2 aromatic heterocycles. The van der Waals surface area contributed by atoms with Crippen LogP contribution in [-0.2, 0) is 6.54 Å². The molecule has 0 aliphatic heterocycles. The van der Waals surface area contributed by atoms with E-state index in [1.54, 1.807) is 0 Å². The molecule has 2 heterocycles. The van der Waals surface area contributed by atoms with Crippen LogP contribution in [0.1, 0.15) is 43.3 Å². The lowest BCUT2D eigenvalue weighted by molar-refractivity contribution is 0.424. The molecule has 0 atom stereocenters. The molecule has 2 rings (SSSR count). The van der Waals surface area contributed by atoms with Gasteiger partial charge in [-0.05, 0) is 64.8 Å². The predicted octanol–water partition coefficient (Wildman–Crippen LogP) is 3.08. The summed E-state index contributed by atoms with van der Waals surface area (Å²) in [5.74, 6) is 0.881. The van der Waals surface area contributed by atoms with Gasteiger partial charge in [0.25, 0.3) is 0 Å². The summed E-state index contributed by atoms with van der Waals surface area (Å²) in [6.07, 6.45) is 1.85. The lowest BCUT2D eigenvalue weighted by Crippen LogP contribution is -2.35. The second-order valence-electron chi connectivity index (χ2n) is 6.33. The third-order valence-electron chi connectivity index (χ3n) is 3.50. The Hall–Kier alpha value is -1.68. The number of aromatic nitrogens is 3. The number of aryl methyl sites for hydroxylation is 1. The van der Waals surface area contributed by atoms with Crippen molar-refractivity contribution in [1.82, 2.24) is 20.1 Å². The van der Waals surface area contributed by atoms with Crippen LogP contribution in [0, 0.1) is 20.8 Å². The highest BCUT2D eigenvalue weighted by atomic mass is 15.3. The molecule has 4 nitrogen and oxygen atoms in total. The molecule has 0 spiro atoms. The van der Waals surface area contributed by atoms with Gasteiger partial charge in [0, 0.05) is 24.0 Å². The van der Waals surface area contributed by atoms with Crippen molar-refractivity contribution < 1.29 is 0 Å². The largest absolute Gasteiger partial charge is 0.308 e. The van der Waals surface area contributed by atoms with E-state index >= 15 is 0 Å². The van der Waals surface area contributed by atoms with Crippen molar-refractivity contribution in [2.75, 3.05) is 0 Å². The summed E-state index contributed by atoms with van der Waals surface area (Å²) in [5, 5.41) is 8.05. The van der Waals surface area contributed by atoms with Gasteiger partial charge in [-0.25, -0.2) is 9.67 Å². The second-order valence-corrected chi connectivity index (χ2v) is 6.33. The Kier molecular flexibility index (Phi) is 3.95. The lowest BCUT2D eigenvalue weighted by Gasteiger charge is -2.20. The van der Waals surface area contributed by atoms with Crippen LogP contribution in [0.25, 0.3) is 5.82 Å². The fourth-order valence-electron chi connectivity index (χ4n) is 2.00. The monoisotopic (exact) mass is 272 g/mol. The van der Waals surface area contributed by atoms with Crippen molar-refractivity contribution in [2.24, 2.45) is 0 Å². The zero-order valence-electron chi connectivity index (χ0n) is 13.3. The maximum absolute atomic E-state index is 4.56. The Labute approximate surface area is 121 Å². The average Bonchev–Trinajstić information content (AvgIpc) is 2.64. The van der Waals surface area contributed by atoms with Crippen LogP contribution in [-0.4, -0.2) is 20.3 Å². The predicted molar refractivity (Wildman–Crippen MR) is 82.2 cm³/mol. The highest BCUT2D eigenvalue weighted by Crippen LogP contribution is 2.16. The maximum Gasteiger partial charge on any atom is 0.153 e. The summed E-state index contributed by atoms with van der Waals surface area (Å²) in [5.41, 5.74) is 4.76. The van der Waals surface area contributed by atoms with E-state index in [1.807, 2.05) is 23.9 Å². The van der Waals surface area contributed by atoms with Crippen LogP contribution in [0.15, 0.2) is 18.3 Å². The molecular formula is C16H24N4. The molecule has 108 valence electrons. The molecule has 0 unspecified atom stereocenters. The smallest absolute Gasteiger partial charge is 0.153 e. The van der Waals surface area contributed by atoms with E-state index in [0.717, 1.165) is 23.8 Å². The van der Waals surface area contributed by atoms with Gasteiger partial charge in [0.05, 0.1) is 5.69 Å². The zero-order chi connectivity index (χ0) is 14.9. The summed E-state index contributed by atoms with van der Waals surface area (Å²) < 4.78 is 1.92. The number of hydrogen-bond acceptors (Lipinski definition) is 3. The Bertz CT molecular complexity index is 605. The molecule has 0 radical (unpaired) electrons. The minimum absolute atomic E-state index is 0.109. The van der Waals surface area contributed by atoms with E-state index in [0.29, 0.717) is 0 Å². The number of pyridine rings is 1. The van der Waals surface area contributed by atoms with Gasteiger partial charge < -0.3 is 5.32 Å². The molecular weight excluding hydrogens is 248 g/mol. The highest BCUT2D eigenvalue weighted by Gasteiger charge is 2.12. The molecule has 0 aliphatic rings. The molecule has 2 aromatic rings. The summed E-state index contributed by atoms with van der Waals surface area (Å²) >= 11 is 0. The molecule has 0 saturated heterocycles. The lowest BCUT2D eigenvalue weighted by atomic mass is 10.1. The molecule has 0 saturated carbocycles. The quantitative estimate of drug-likeness (QED) is 0.933. The zero-order valence-corrected chi connectivity index (χ0v) is 13.3. The molecule has 4 heteroatoms. The molecule has 20 heavy (non-hydrogen) atoms. The first-order chi connectivity index (χ1) is 9.28. The van der Waals surface area contributed by atoms with Crippen molar-refractivity contribution >= 4 is 0 Å². The van der Waals surface area contributed by atoms with Crippen LogP contribution < -0.4 is 5.32 Å². The van der Waals surface area contributed by atoms with Crippen molar-refractivity contribution in [1.29, 1.82) is 0 Å². The van der Waals surface area contributed by atoms with E-state index in [9.17, 15) is 0 Å². The van der Waals surface area contributed by atoms with Gasteiger partial charge in [-0.1, -0.05) is 0 Å². The van der Waals surface area contributed by atoms with E-state index < -0.39 is 0 Å². The number of nitrogens with one attached hydrogen (secondary N) is 1. The third kappa shape index (κ3) is 3.25. The Morgan fingerprint density at radius 1 is 1.20 bits per heavy atom. The maximum atomic E-state index is 4.56. The standard InChI is InChI=1S/C16H24N4/c1-11-12(2)19-20(13(11)3)15-9-14(7-8-17-15)10-18-16(4,5)6/h7-9,18H,10H2,1-6H3. The fraction of sp³-hybridized carbons (Fsp3) is 0.500. The van der Waals surface area contributed by atoms with Gasteiger partial charge in [0.2, 0.25) is 0 Å². The summed E-state index contributed by atoms with van der Waals surface area (Å²) in [7, 11) is 0. The normalized spacial score (nSPS) is 11.9. The summed E-state index contributed by atoms with van der Waals surface area (Å²) in [6.45, 7) is 13.5. The molecule has 0 amide bonds. The molecule has 0 aromatic carbocycles. The van der Waals surface area contributed by atoms with Crippen LogP contribution >= 0.6 is 0 Å². The number of hydrogen-bond donors (Lipinski definition) is 1. The molecule has 0 bridgehead atoms. The van der Waals surface area contributed by atoms with Crippen molar-refractivity contribution in [2.45, 2.75) is 53.6 Å². The topological polar surface area (TPSA) is 42.7 Å². The first-order valence-corrected chi connectivity index (χ1v) is 7.01. The molecule has 1 N–H and O–H groups in total. The fourth-order valence-corrected chi connectivity index (χ4v) is 2.00. The Balaban J connectivity index is 2.28. The minimum atomic E-state index is 0.109. The number of nitrogens with zero attached hydrogens (tertiary/aromatic N) is 3. The van der Waals surface area contributed by atoms with E-state index in [1.165, 1.54) is 11.1 Å². The number of rotatable bonds is 3. The first-order valence-electron chi connectivity index (χ1n) is 7.01. The van der Waals surface area contributed by atoms with E-state index in [2.05, 4.69) is 56.1 Å². The van der Waals surface area contributed by atoms with Crippen LogP contribution in [0.2, 0.25) is 0 Å². The van der Waals surface area contributed by atoms with E-state index in [4.69, 9.17) is 0 Å². The van der Waals surface area contributed by atoms with Gasteiger partial charge in [-0.3, -0.25) is 0 Å². The highest BCUT2D eigenvalue weighted by molar-refractivity contribution is 5.33. The van der Waals surface area contributed by atoms with Gasteiger partial charge >= 0.3 is 0 Å². The van der Waals surface area contributed by atoms with Crippen molar-refractivity contribution in [3.05, 3.63) is 40.8 Å². The Morgan fingerprint density at radius 3 is 2.45 bits per heavy atom. The minimum Gasteiger partial charge on any atom is -0.308 e. The van der Waals surface area contributed by atoms with Crippen molar-refractivity contribution in [3.63, 3.8) is 0 Å². The summed E-state index contributed by atoms with van der Waals surface area (Å²) in [6, 6.07) is 4.14. The van der Waals surface area contributed by atoms with E-state index in [-0.39, 0.29) is 5.54 Å². The summed E-state index contributed by atoms with van der Waals surface area (Å²) in [4.78, 5) is 4.44. The average molecular weight is 272 g/mol. The molecule has 0 aliphatic carbocycles. The first kappa shape index (κ1) is 14.7. The van der Waals surface area contributed by atoms with Crippen LogP contribution in [0.5, 0.6) is 0 Å². The van der Waals surface area contributed by atoms with Gasteiger partial charge in [0.1, 0.15) is 0 Å². The Morgan fingerprint density at radius 2 is 1.90 bits per heavy atom. The van der Waals surface area contributed by atoms with Crippen LogP contribution in [0.4, 0.5) is 0 Å².